The molecule has 1 aliphatic rings. The van der Waals surface area contributed by atoms with Crippen molar-refractivity contribution in [3.8, 4) is 0 Å². The Hall–Kier alpha value is -1.98. The Kier molecular flexibility index (Phi) is 2.34. The Morgan fingerprint density at radius 2 is 2.12 bits per heavy atom. The molecule has 0 fully saturated rings. The lowest BCUT2D eigenvalue weighted by Gasteiger charge is -2.32. The molecule has 1 amide bonds. The van der Waals surface area contributed by atoms with E-state index in [0.29, 0.717) is 24.5 Å². The molecule has 0 unspecified atom stereocenters. The number of hydrogen-bond acceptors (Lipinski definition) is 4. The summed E-state index contributed by atoms with van der Waals surface area (Å²) < 4.78 is 4.99. The van der Waals surface area contributed by atoms with Crippen molar-refractivity contribution in [1.29, 1.82) is 0 Å². The van der Waals surface area contributed by atoms with Crippen LogP contribution in [-0.2, 0) is 4.79 Å². The van der Waals surface area contributed by atoms with Crippen molar-refractivity contribution in [2.75, 3.05) is 29.9 Å². The van der Waals surface area contributed by atoms with Gasteiger partial charge in [-0.05, 0) is 0 Å². The third kappa shape index (κ3) is 1.42. The lowest BCUT2D eigenvalue weighted by atomic mass is 10.2. The number of amides is 1. The maximum absolute atomic E-state index is 11.4. The van der Waals surface area contributed by atoms with Gasteiger partial charge in [-0.25, -0.2) is 4.79 Å². The number of hydrogen-bond donors (Lipinski definition) is 1. The molecule has 6 nitrogen and oxygen atoms in total. The molecule has 0 radical (unpaired) electrons. The van der Waals surface area contributed by atoms with Crippen molar-refractivity contribution in [2.24, 2.45) is 0 Å². The highest BCUT2D eigenvalue weighted by Crippen LogP contribution is 2.37. The minimum Gasteiger partial charge on any atom is -0.475 e. The molecule has 0 saturated heterocycles. The van der Waals surface area contributed by atoms with Crippen LogP contribution in [0.5, 0.6) is 0 Å². The van der Waals surface area contributed by atoms with Gasteiger partial charge in [0.1, 0.15) is 17.6 Å². The van der Waals surface area contributed by atoms with E-state index in [1.165, 1.54) is 18.1 Å². The van der Waals surface area contributed by atoms with Crippen molar-refractivity contribution < 1.29 is 19.1 Å². The first-order valence-corrected chi connectivity index (χ1v) is 4.86. The van der Waals surface area contributed by atoms with Crippen LogP contribution >= 0.6 is 0 Å². The fraction of sp³-hybridized carbons (Fsp3) is 0.400. The van der Waals surface area contributed by atoms with E-state index < -0.39 is 5.97 Å². The number of nitrogens with zero attached hydrogens (tertiary/aromatic N) is 2. The van der Waals surface area contributed by atoms with Crippen molar-refractivity contribution in [1.82, 2.24) is 0 Å². The third-order valence-electron chi connectivity index (χ3n) is 2.65. The Morgan fingerprint density at radius 3 is 2.69 bits per heavy atom. The SMILES string of the molecule is CC(=O)N1CCN(C)c2c1coc2C(=O)O. The van der Waals surface area contributed by atoms with Crippen LogP contribution in [0.25, 0.3) is 0 Å². The summed E-state index contributed by atoms with van der Waals surface area (Å²) in [6.45, 7) is 2.58. The van der Waals surface area contributed by atoms with Gasteiger partial charge in [0.15, 0.2) is 0 Å². The van der Waals surface area contributed by atoms with Gasteiger partial charge in [0.2, 0.25) is 11.7 Å². The number of carbonyl (C=O) groups is 2. The monoisotopic (exact) mass is 224 g/mol. The number of likely N-dealkylation sites (N-methyl/N-ethyl adjacent to an activating group) is 1. The summed E-state index contributed by atoms with van der Waals surface area (Å²) in [5, 5.41) is 8.95. The fourth-order valence-corrected chi connectivity index (χ4v) is 1.86. The Balaban J connectivity index is 2.53. The number of anilines is 2. The number of carboxylic acid groups (broad SMARTS) is 1. The van der Waals surface area contributed by atoms with E-state index in [-0.39, 0.29) is 11.7 Å². The molecule has 6 heteroatoms. The molecule has 0 aromatic carbocycles. The highest BCUT2D eigenvalue weighted by molar-refractivity contribution is 6.02. The van der Waals surface area contributed by atoms with Crippen molar-refractivity contribution >= 4 is 23.3 Å². The summed E-state index contributed by atoms with van der Waals surface area (Å²) in [5.74, 6) is -1.37. The molecule has 16 heavy (non-hydrogen) atoms. The van der Waals surface area contributed by atoms with E-state index in [4.69, 9.17) is 9.52 Å². The van der Waals surface area contributed by atoms with Crippen LogP contribution in [0.4, 0.5) is 11.4 Å². The Labute approximate surface area is 92.0 Å². The van der Waals surface area contributed by atoms with E-state index in [2.05, 4.69) is 0 Å². The maximum Gasteiger partial charge on any atom is 0.374 e. The standard InChI is InChI=1S/C10H12N2O4/c1-6(13)12-4-3-11(2)8-7(12)5-16-9(8)10(14)15/h5H,3-4H2,1-2H3,(H,14,15). The number of rotatable bonds is 1. The molecule has 0 saturated carbocycles. The molecule has 1 aromatic rings. The van der Waals surface area contributed by atoms with Crippen LogP contribution in [0.15, 0.2) is 10.7 Å². The van der Waals surface area contributed by atoms with E-state index in [9.17, 15) is 9.59 Å². The van der Waals surface area contributed by atoms with Gasteiger partial charge in [0.25, 0.3) is 0 Å². The van der Waals surface area contributed by atoms with Gasteiger partial charge in [-0.3, -0.25) is 4.79 Å². The van der Waals surface area contributed by atoms with Gasteiger partial charge in [-0.2, -0.15) is 0 Å². The van der Waals surface area contributed by atoms with E-state index in [1.54, 1.807) is 11.9 Å². The molecule has 2 heterocycles. The number of carboxylic acids is 1. The maximum atomic E-state index is 11.4. The van der Waals surface area contributed by atoms with Gasteiger partial charge in [0, 0.05) is 27.1 Å². The molecular formula is C10H12N2O4. The predicted octanol–water partition coefficient (Wildman–Crippen LogP) is 0.780. The number of aromatic carboxylic acids is 1. The normalized spacial score (nSPS) is 14.9. The smallest absolute Gasteiger partial charge is 0.374 e. The van der Waals surface area contributed by atoms with E-state index in [0.717, 1.165) is 0 Å². The molecule has 0 aliphatic carbocycles. The van der Waals surface area contributed by atoms with Crippen LogP contribution in [-0.4, -0.2) is 37.1 Å². The summed E-state index contributed by atoms with van der Waals surface area (Å²) in [6, 6.07) is 0. The first-order chi connectivity index (χ1) is 7.52. The van der Waals surface area contributed by atoms with Crippen LogP contribution in [0, 0.1) is 0 Å². The lowest BCUT2D eigenvalue weighted by Crippen LogP contribution is -2.41. The lowest BCUT2D eigenvalue weighted by molar-refractivity contribution is -0.116. The van der Waals surface area contributed by atoms with Gasteiger partial charge in [-0.1, -0.05) is 0 Å². The second kappa shape index (κ2) is 3.55. The molecule has 0 atom stereocenters. The first-order valence-electron chi connectivity index (χ1n) is 4.86. The van der Waals surface area contributed by atoms with Gasteiger partial charge in [0.05, 0.1) is 0 Å². The summed E-state index contributed by atoms with van der Waals surface area (Å²) in [4.78, 5) is 25.6. The summed E-state index contributed by atoms with van der Waals surface area (Å²) in [6.07, 6.45) is 1.32. The highest BCUT2D eigenvalue weighted by atomic mass is 16.4. The van der Waals surface area contributed by atoms with Crippen molar-refractivity contribution in [3.05, 3.63) is 12.0 Å². The molecule has 2 rings (SSSR count). The zero-order valence-corrected chi connectivity index (χ0v) is 9.06. The third-order valence-corrected chi connectivity index (χ3v) is 2.65. The largest absolute Gasteiger partial charge is 0.475 e. The average Bonchev–Trinajstić information content (AvgIpc) is 2.62. The topological polar surface area (TPSA) is 74.0 Å². The van der Waals surface area contributed by atoms with Crippen LogP contribution in [0.1, 0.15) is 17.5 Å². The Morgan fingerprint density at radius 1 is 1.44 bits per heavy atom. The second-order valence-corrected chi connectivity index (χ2v) is 3.70. The van der Waals surface area contributed by atoms with Crippen LogP contribution in [0.2, 0.25) is 0 Å². The second-order valence-electron chi connectivity index (χ2n) is 3.70. The van der Waals surface area contributed by atoms with E-state index in [1.807, 2.05) is 0 Å². The zero-order valence-electron chi connectivity index (χ0n) is 9.06. The number of fused-ring (bicyclic) bond motifs is 1. The van der Waals surface area contributed by atoms with Crippen LogP contribution in [0.3, 0.4) is 0 Å². The molecule has 1 N–H and O–H groups in total. The number of furan rings is 1. The average molecular weight is 224 g/mol. The van der Waals surface area contributed by atoms with Gasteiger partial charge >= 0.3 is 5.97 Å². The van der Waals surface area contributed by atoms with Crippen molar-refractivity contribution in [3.63, 3.8) is 0 Å². The molecule has 86 valence electrons. The van der Waals surface area contributed by atoms with Gasteiger partial charge in [-0.15, -0.1) is 0 Å². The minimum absolute atomic E-state index is 0.118. The fourth-order valence-electron chi connectivity index (χ4n) is 1.86. The zero-order chi connectivity index (χ0) is 11.9. The summed E-state index contributed by atoms with van der Waals surface area (Å²) in [5.41, 5.74) is 0.993. The van der Waals surface area contributed by atoms with Gasteiger partial charge < -0.3 is 19.3 Å². The predicted molar refractivity (Wildman–Crippen MR) is 57.0 cm³/mol. The number of carbonyl (C=O) groups excluding carboxylic acids is 1. The van der Waals surface area contributed by atoms with Crippen LogP contribution < -0.4 is 9.80 Å². The Bertz CT molecular complexity index is 452. The highest BCUT2D eigenvalue weighted by Gasteiger charge is 2.31. The molecule has 0 spiro atoms. The molecule has 0 bridgehead atoms. The quantitative estimate of drug-likeness (QED) is 0.763. The first kappa shape index (κ1) is 10.5. The van der Waals surface area contributed by atoms with Crippen molar-refractivity contribution in [2.45, 2.75) is 6.92 Å². The molecular weight excluding hydrogens is 212 g/mol. The summed E-state index contributed by atoms with van der Waals surface area (Å²) in [7, 11) is 1.78. The van der Waals surface area contributed by atoms with E-state index >= 15 is 0 Å². The minimum atomic E-state index is -1.13. The molecule has 1 aliphatic heterocycles. The molecule has 1 aromatic heterocycles. The summed E-state index contributed by atoms with van der Waals surface area (Å²) >= 11 is 0.